The first kappa shape index (κ1) is 18.8. The highest BCUT2D eigenvalue weighted by Crippen LogP contribution is 2.34. The fourth-order valence-electron chi connectivity index (χ4n) is 2.45. The van der Waals surface area contributed by atoms with Crippen LogP contribution >= 0.6 is 24.0 Å². The highest BCUT2D eigenvalue weighted by atomic mass is 32.2. The number of thiocarbonyl (C=S) groups is 1. The van der Waals surface area contributed by atoms with Gasteiger partial charge in [0, 0.05) is 23.3 Å². The molecular formula is C17H12N2O6S2. The highest BCUT2D eigenvalue weighted by molar-refractivity contribution is 8.26. The molecule has 0 unspecified atom stereocenters. The summed E-state index contributed by atoms with van der Waals surface area (Å²) in [5.41, 5.74) is 1.06. The number of hydrogen-bond acceptors (Lipinski definition) is 7. The largest absolute Gasteiger partial charge is 0.480 e. The van der Waals surface area contributed by atoms with Gasteiger partial charge in [-0.05, 0) is 19.1 Å². The Kier molecular flexibility index (Phi) is 5.10. The second-order valence-corrected chi connectivity index (χ2v) is 7.30. The van der Waals surface area contributed by atoms with E-state index in [1.807, 2.05) is 0 Å². The molecule has 1 amide bonds. The quantitative estimate of drug-likeness (QED) is 0.349. The lowest BCUT2D eigenvalue weighted by molar-refractivity contribution is -0.385. The predicted octanol–water partition coefficient (Wildman–Crippen LogP) is 3.45. The van der Waals surface area contributed by atoms with E-state index in [-0.39, 0.29) is 14.9 Å². The van der Waals surface area contributed by atoms with Gasteiger partial charge in [-0.2, -0.15) is 0 Å². The smallest absolute Gasteiger partial charge is 0.323 e. The predicted molar refractivity (Wildman–Crippen MR) is 103 cm³/mol. The van der Waals surface area contributed by atoms with Crippen LogP contribution in [0, 0.1) is 17.0 Å². The Labute approximate surface area is 162 Å². The number of benzene rings is 1. The molecule has 0 saturated carbocycles. The first-order chi connectivity index (χ1) is 12.8. The van der Waals surface area contributed by atoms with Gasteiger partial charge in [0.05, 0.1) is 9.83 Å². The van der Waals surface area contributed by atoms with E-state index in [0.29, 0.717) is 22.6 Å². The third-order valence-electron chi connectivity index (χ3n) is 3.76. The summed E-state index contributed by atoms with van der Waals surface area (Å²) in [6.45, 7) is 1.15. The van der Waals surface area contributed by atoms with Crippen LogP contribution in [0.1, 0.15) is 11.3 Å². The van der Waals surface area contributed by atoms with Crippen LogP contribution in [0.4, 0.5) is 5.69 Å². The molecule has 1 saturated heterocycles. The number of rotatable bonds is 5. The summed E-state index contributed by atoms with van der Waals surface area (Å²) in [6, 6.07) is 8.01. The molecule has 2 heterocycles. The van der Waals surface area contributed by atoms with Gasteiger partial charge in [-0.3, -0.25) is 24.6 Å². The fourth-order valence-corrected chi connectivity index (χ4v) is 3.68. The lowest BCUT2D eigenvalue weighted by atomic mass is 10.1. The van der Waals surface area contributed by atoms with Crippen molar-refractivity contribution in [2.75, 3.05) is 6.54 Å². The van der Waals surface area contributed by atoms with E-state index in [0.717, 1.165) is 16.7 Å². The highest BCUT2D eigenvalue weighted by Gasteiger charge is 2.33. The topological polar surface area (TPSA) is 114 Å². The first-order valence-electron chi connectivity index (χ1n) is 7.58. The summed E-state index contributed by atoms with van der Waals surface area (Å²) < 4.78 is 5.83. The summed E-state index contributed by atoms with van der Waals surface area (Å²) >= 11 is 6.02. The zero-order valence-corrected chi connectivity index (χ0v) is 15.5. The first-order valence-corrected chi connectivity index (χ1v) is 8.81. The number of nitro benzene ring substituents is 1. The maximum atomic E-state index is 12.3. The summed E-state index contributed by atoms with van der Waals surface area (Å²) in [5, 5.41) is 19.9. The number of carbonyl (C=O) groups excluding carboxylic acids is 1. The Morgan fingerprint density at radius 2 is 2.15 bits per heavy atom. The Bertz CT molecular complexity index is 1010. The van der Waals surface area contributed by atoms with Gasteiger partial charge in [-0.25, -0.2) is 0 Å². The molecule has 0 radical (unpaired) electrons. The van der Waals surface area contributed by atoms with Crippen LogP contribution in [0.5, 0.6) is 0 Å². The van der Waals surface area contributed by atoms with Crippen LogP contribution in [-0.2, 0) is 9.59 Å². The van der Waals surface area contributed by atoms with E-state index in [1.165, 1.54) is 12.1 Å². The van der Waals surface area contributed by atoms with Crippen molar-refractivity contribution < 1.29 is 24.0 Å². The number of aliphatic carboxylic acids is 1. The maximum Gasteiger partial charge on any atom is 0.323 e. The number of furan rings is 1. The van der Waals surface area contributed by atoms with Crippen LogP contribution in [0.15, 0.2) is 39.7 Å². The van der Waals surface area contributed by atoms with E-state index < -0.39 is 23.3 Å². The zero-order valence-electron chi connectivity index (χ0n) is 13.9. The van der Waals surface area contributed by atoms with Gasteiger partial charge in [-0.15, -0.1) is 0 Å². The van der Waals surface area contributed by atoms with E-state index in [1.54, 1.807) is 31.2 Å². The van der Waals surface area contributed by atoms with Crippen LogP contribution in [-0.4, -0.2) is 37.7 Å². The lowest BCUT2D eigenvalue weighted by Gasteiger charge is -2.09. The van der Waals surface area contributed by atoms with Crippen LogP contribution < -0.4 is 0 Å². The zero-order chi connectivity index (χ0) is 19.7. The second-order valence-electron chi connectivity index (χ2n) is 5.62. The standard InChI is InChI=1S/C17H12N2O6S2/c1-9-2-3-10(6-12(9)19(23)24)13-5-4-11(25-13)7-14-16(22)18(8-15(20)21)17(26)27-14/h2-7H,8H2,1H3,(H,20,21)/b14-7+. The molecule has 1 aromatic heterocycles. The van der Waals surface area contributed by atoms with Crippen molar-refractivity contribution in [2.45, 2.75) is 6.92 Å². The van der Waals surface area contributed by atoms with Gasteiger partial charge in [0.25, 0.3) is 11.6 Å². The molecular weight excluding hydrogens is 392 g/mol. The van der Waals surface area contributed by atoms with Crippen molar-refractivity contribution in [3.63, 3.8) is 0 Å². The number of hydrogen-bond donors (Lipinski definition) is 1. The molecule has 10 heteroatoms. The number of amides is 1. The van der Waals surface area contributed by atoms with E-state index >= 15 is 0 Å². The van der Waals surface area contributed by atoms with Crippen LogP contribution in [0.25, 0.3) is 17.4 Å². The Balaban J connectivity index is 1.87. The lowest BCUT2D eigenvalue weighted by Crippen LogP contribution is -2.33. The average Bonchev–Trinajstić information content (AvgIpc) is 3.15. The van der Waals surface area contributed by atoms with Gasteiger partial charge in [0.2, 0.25) is 0 Å². The summed E-state index contributed by atoms with van der Waals surface area (Å²) in [7, 11) is 0. The number of carboxylic acid groups (broad SMARTS) is 1. The van der Waals surface area contributed by atoms with Gasteiger partial charge < -0.3 is 9.52 Å². The number of aryl methyl sites for hydroxylation is 1. The molecule has 1 fully saturated rings. The van der Waals surface area contributed by atoms with E-state index in [2.05, 4.69) is 0 Å². The van der Waals surface area contributed by atoms with Gasteiger partial charge in [0.15, 0.2) is 0 Å². The third-order valence-corrected chi connectivity index (χ3v) is 5.14. The maximum absolute atomic E-state index is 12.3. The molecule has 1 N–H and O–H groups in total. The monoisotopic (exact) mass is 404 g/mol. The van der Waals surface area contributed by atoms with Gasteiger partial charge >= 0.3 is 5.97 Å². The molecule has 1 aliphatic heterocycles. The molecule has 0 spiro atoms. The molecule has 1 aromatic carbocycles. The molecule has 8 nitrogen and oxygen atoms in total. The minimum absolute atomic E-state index is 0.0139. The number of carbonyl (C=O) groups is 2. The van der Waals surface area contributed by atoms with Crippen molar-refractivity contribution in [3.8, 4) is 11.3 Å². The van der Waals surface area contributed by atoms with E-state index in [4.69, 9.17) is 21.7 Å². The van der Waals surface area contributed by atoms with Crippen molar-refractivity contribution in [1.29, 1.82) is 0 Å². The molecule has 0 bridgehead atoms. The SMILES string of the molecule is Cc1ccc(-c2ccc(/C=C3/SC(=S)N(CC(=O)O)C3=O)o2)cc1[N+](=O)[O-]. The molecule has 1 aliphatic rings. The van der Waals surface area contributed by atoms with Crippen LogP contribution in [0.2, 0.25) is 0 Å². The molecule has 2 aromatic rings. The Hall–Kier alpha value is -2.98. The van der Waals surface area contributed by atoms with Gasteiger partial charge in [-0.1, -0.05) is 36.1 Å². The number of nitro groups is 1. The van der Waals surface area contributed by atoms with Gasteiger partial charge in [0.1, 0.15) is 22.4 Å². The number of nitrogens with zero attached hydrogens (tertiary/aromatic N) is 2. The fraction of sp³-hybridized carbons (Fsp3) is 0.118. The normalized spacial score (nSPS) is 15.6. The summed E-state index contributed by atoms with van der Waals surface area (Å²) in [6.07, 6.45) is 1.47. The molecule has 27 heavy (non-hydrogen) atoms. The molecule has 138 valence electrons. The summed E-state index contributed by atoms with van der Waals surface area (Å²) in [5.74, 6) is -0.903. The number of thioether (sulfide) groups is 1. The van der Waals surface area contributed by atoms with Crippen molar-refractivity contribution in [1.82, 2.24) is 4.90 Å². The Morgan fingerprint density at radius 3 is 2.81 bits per heavy atom. The molecule has 0 atom stereocenters. The average molecular weight is 404 g/mol. The molecule has 3 rings (SSSR count). The van der Waals surface area contributed by atoms with Crippen molar-refractivity contribution in [2.24, 2.45) is 0 Å². The summed E-state index contributed by atoms with van der Waals surface area (Å²) in [4.78, 5) is 34.9. The molecule has 0 aliphatic carbocycles. The minimum Gasteiger partial charge on any atom is -0.480 e. The van der Waals surface area contributed by atoms with E-state index in [9.17, 15) is 19.7 Å². The third kappa shape index (κ3) is 3.91. The number of carboxylic acids is 1. The second kappa shape index (κ2) is 7.33. The van der Waals surface area contributed by atoms with Crippen molar-refractivity contribution in [3.05, 3.63) is 56.7 Å². The Morgan fingerprint density at radius 1 is 1.41 bits per heavy atom. The minimum atomic E-state index is -1.16. The van der Waals surface area contributed by atoms with Crippen molar-refractivity contribution >= 4 is 51.9 Å². The van der Waals surface area contributed by atoms with Crippen LogP contribution in [0.3, 0.4) is 0 Å².